The molecule has 0 radical (unpaired) electrons. The molecule has 2 aromatic rings. The second kappa shape index (κ2) is 9.80. The zero-order chi connectivity index (χ0) is 17.2. The van der Waals surface area contributed by atoms with Crippen LogP contribution in [0.3, 0.4) is 0 Å². The molecule has 0 bridgehead atoms. The maximum Gasteiger partial charge on any atom is 0.344 e. The van der Waals surface area contributed by atoms with Crippen molar-refractivity contribution in [1.29, 1.82) is 0 Å². The van der Waals surface area contributed by atoms with Crippen LogP contribution in [0.15, 0.2) is 64.4 Å². The average molecular weight is 344 g/mol. The van der Waals surface area contributed by atoms with Crippen molar-refractivity contribution >= 4 is 23.8 Å². The van der Waals surface area contributed by atoms with E-state index in [1.807, 2.05) is 60.7 Å². The maximum atomic E-state index is 12.2. The van der Waals surface area contributed by atoms with Crippen molar-refractivity contribution in [3.63, 3.8) is 0 Å². The van der Waals surface area contributed by atoms with Gasteiger partial charge in [-0.3, -0.25) is 0 Å². The summed E-state index contributed by atoms with van der Waals surface area (Å²) in [6.45, 7) is 2.34. The van der Waals surface area contributed by atoms with Gasteiger partial charge in [-0.2, -0.15) is 0 Å². The third-order valence-electron chi connectivity index (χ3n) is 2.97. The van der Waals surface area contributed by atoms with Gasteiger partial charge in [-0.05, 0) is 42.8 Å². The fourth-order valence-electron chi connectivity index (χ4n) is 1.89. The average Bonchev–Trinajstić information content (AvgIpc) is 2.61. The number of carbonyl (C=O) groups excluding carboxylic acids is 1. The van der Waals surface area contributed by atoms with Gasteiger partial charge < -0.3 is 14.2 Å². The SMILES string of the molecule is CCOC(=O)/C(=C/c1ccc(OCOC)cc1)Sc1ccccc1. The molecule has 0 unspecified atom stereocenters. The Hall–Kier alpha value is -2.24. The van der Waals surface area contributed by atoms with Crippen LogP contribution < -0.4 is 4.74 Å². The standard InChI is InChI=1S/C19H20O4S/c1-3-22-19(20)18(24-17-7-5-4-6-8-17)13-15-9-11-16(12-10-15)23-14-21-2/h4-13H,3,14H2,1-2H3/b18-13-. The first-order chi connectivity index (χ1) is 11.7. The van der Waals surface area contributed by atoms with Crippen molar-refractivity contribution in [2.24, 2.45) is 0 Å². The highest BCUT2D eigenvalue weighted by molar-refractivity contribution is 8.04. The first-order valence-electron chi connectivity index (χ1n) is 7.56. The van der Waals surface area contributed by atoms with E-state index in [9.17, 15) is 4.79 Å². The molecule has 0 atom stereocenters. The van der Waals surface area contributed by atoms with Crippen molar-refractivity contribution in [2.75, 3.05) is 20.5 Å². The molecule has 0 aliphatic heterocycles. The first-order valence-corrected chi connectivity index (χ1v) is 8.38. The van der Waals surface area contributed by atoms with Crippen LogP contribution in [0.5, 0.6) is 5.75 Å². The Balaban J connectivity index is 2.18. The van der Waals surface area contributed by atoms with Crippen LogP contribution in [0.2, 0.25) is 0 Å². The number of methoxy groups -OCH3 is 1. The van der Waals surface area contributed by atoms with Crippen LogP contribution in [0, 0.1) is 0 Å². The number of benzene rings is 2. The van der Waals surface area contributed by atoms with E-state index in [0.29, 0.717) is 17.3 Å². The smallest absolute Gasteiger partial charge is 0.344 e. The molecule has 0 N–H and O–H groups in total. The summed E-state index contributed by atoms with van der Waals surface area (Å²) in [5.74, 6) is 0.383. The molecule has 126 valence electrons. The molecule has 0 spiro atoms. The minimum absolute atomic E-state index is 0.202. The van der Waals surface area contributed by atoms with E-state index < -0.39 is 0 Å². The summed E-state index contributed by atoms with van der Waals surface area (Å²) in [5, 5.41) is 0. The van der Waals surface area contributed by atoms with Gasteiger partial charge in [0.05, 0.1) is 11.5 Å². The Kier molecular flexibility index (Phi) is 7.39. The minimum atomic E-state index is -0.328. The summed E-state index contributed by atoms with van der Waals surface area (Å²) >= 11 is 1.39. The summed E-state index contributed by atoms with van der Waals surface area (Å²) in [4.78, 5) is 13.7. The fraction of sp³-hybridized carbons (Fsp3) is 0.211. The Morgan fingerprint density at radius 2 is 1.79 bits per heavy atom. The van der Waals surface area contributed by atoms with E-state index >= 15 is 0 Å². The number of ether oxygens (including phenoxy) is 3. The van der Waals surface area contributed by atoms with E-state index in [2.05, 4.69) is 0 Å². The van der Waals surface area contributed by atoms with Crippen LogP contribution >= 0.6 is 11.8 Å². The number of hydrogen-bond donors (Lipinski definition) is 0. The molecule has 0 amide bonds. The van der Waals surface area contributed by atoms with E-state index in [1.165, 1.54) is 11.8 Å². The number of thioether (sulfide) groups is 1. The van der Waals surface area contributed by atoms with Crippen molar-refractivity contribution < 1.29 is 19.0 Å². The lowest BCUT2D eigenvalue weighted by molar-refractivity contribution is -0.137. The topological polar surface area (TPSA) is 44.8 Å². The van der Waals surface area contributed by atoms with Crippen molar-refractivity contribution in [3.05, 3.63) is 65.1 Å². The molecule has 2 aromatic carbocycles. The molecular weight excluding hydrogens is 324 g/mol. The number of rotatable bonds is 8. The minimum Gasteiger partial charge on any atom is -0.468 e. The summed E-state index contributed by atoms with van der Waals surface area (Å²) < 4.78 is 15.4. The molecule has 0 aliphatic rings. The highest BCUT2D eigenvalue weighted by Crippen LogP contribution is 2.29. The van der Waals surface area contributed by atoms with Gasteiger partial charge >= 0.3 is 5.97 Å². The van der Waals surface area contributed by atoms with Gasteiger partial charge in [0.1, 0.15) is 5.75 Å². The quantitative estimate of drug-likeness (QED) is 0.308. The van der Waals surface area contributed by atoms with E-state index in [-0.39, 0.29) is 12.8 Å². The van der Waals surface area contributed by atoms with E-state index in [0.717, 1.165) is 10.5 Å². The molecule has 4 nitrogen and oxygen atoms in total. The Morgan fingerprint density at radius 3 is 2.42 bits per heavy atom. The molecule has 0 fully saturated rings. The van der Waals surface area contributed by atoms with Crippen molar-refractivity contribution in [2.45, 2.75) is 11.8 Å². The third-order valence-corrected chi connectivity index (χ3v) is 3.98. The van der Waals surface area contributed by atoms with Gasteiger partial charge in [-0.1, -0.05) is 42.1 Å². The summed E-state index contributed by atoms with van der Waals surface area (Å²) in [5.41, 5.74) is 0.895. The van der Waals surface area contributed by atoms with Gasteiger partial charge in [0.25, 0.3) is 0 Å². The summed E-state index contributed by atoms with van der Waals surface area (Å²) in [6.07, 6.45) is 1.82. The number of hydrogen-bond acceptors (Lipinski definition) is 5. The van der Waals surface area contributed by atoms with E-state index in [4.69, 9.17) is 14.2 Å². The first kappa shape index (κ1) is 18.1. The molecule has 0 aliphatic carbocycles. The van der Waals surface area contributed by atoms with Crippen LogP contribution in [-0.2, 0) is 14.3 Å². The lowest BCUT2D eigenvalue weighted by atomic mass is 10.2. The zero-order valence-corrected chi connectivity index (χ0v) is 14.5. The van der Waals surface area contributed by atoms with Gasteiger partial charge in [-0.15, -0.1) is 0 Å². The summed E-state index contributed by atoms with van der Waals surface area (Å²) in [7, 11) is 1.57. The predicted octanol–water partition coefficient (Wildman–Crippen LogP) is 4.37. The third kappa shape index (κ3) is 5.76. The second-order valence-electron chi connectivity index (χ2n) is 4.76. The molecule has 2 rings (SSSR count). The lowest BCUT2D eigenvalue weighted by Crippen LogP contribution is -2.05. The fourth-order valence-corrected chi connectivity index (χ4v) is 2.77. The monoisotopic (exact) mass is 344 g/mol. The molecular formula is C19H20O4S. The highest BCUT2D eigenvalue weighted by atomic mass is 32.2. The predicted molar refractivity (Wildman–Crippen MR) is 95.9 cm³/mol. The lowest BCUT2D eigenvalue weighted by Gasteiger charge is -2.08. The van der Waals surface area contributed by atoms with E-state index in [1.54, 1.807) is 14.0 Å². The molecule has 0 aromatic heterocycles. The largest absolute Gasteiger partial charge is 0.468 e. The van der Waals surface area contributed by atoms with Crippen LogP contribution in [0.1, 0.15) is 12.5 Å². The molecule has 0 saturated heterocycles. The van der Waals surface area contributed by atoms with Gasteiger partial charge in [0, 0.05) is 12.0 Å². The second-order valence-corrected chi connectivity index (χ2v) is 5.88. The number of carbonyl (C=O) groups is 1. The normalized spacial score (nSPS) is 11.2. The zero-order valence-electron chi connectivity index (χ0n) is 13.7. The van der Waals surface area contributed by atoms with Crippen LogP contribution in [0.25, 0.3) is 6.08 Å². The summed E-state index contributed by atoms with van der Waals surface area (Å²) in [6, 6.07) is 17.2. The Labute approximate surface area is 146 Å². The van der Waals surface area contributed by atoms with Crippen molar-refractivity contribution in [1.82, 2.24) is 0 Å². The maximum absolute atomic E-state index is 12.2. The van der Waals surface area contributed by atoms with Gasteiger partial charge in [0.2, 0.25) is 0 Å². The van der Waals surface area contributed by atoms with Crippen LogP contribution in [-0.4, -0.2) is 26.5 Å². The van der Waals surface area contributed by atoms with Crippen molar-refractivity contribution in [3.8, 4) is 5.75 Å². The van der Waals surface area contributed by atoms with Gasteiger partial charge in [-0.25, -0.2) is 4.79 Å². The highest BCUT2D eigenvalue weighted by Gasteiger charge is 2.12. The molecule has 24 heavy (non-hydrogen) atoms. The van der Waals surface area contributed by atoms with Gasteiger partial charge in [0.15, 0.2) is 6.79 Å². The Bertz CT molecular complexity index is 666. The molecule has 5 heteroatoms. The molecule has 0 saturated carbocycles. The van der Waals surface area contributed by atoms with Crippen LogP contribution in [0.4, 0.5) is 0 Å². The number of esters is 1. The molecule has 0 heterocycles. The Morgan fingerprint density at radius 1 is 1.08 bits per heavy atom.